The number of carbonyl (C=O) groups is 1. The quantitative estimate of drug-likeness (QED) is 0.797. The average Bonchev–Trinajstić information content (AvgIpc) is 3.08. The first kappa shape index (κ1) is 17.1. The van der Waals surface area contributed by atoms with Gasteiger partial charge in [-0.3, -0.25) is 4.79 Å². The van der Waals surface area contributed by atoms with Crippen molar-refractivity contribution in [2.45, 2.75) is 64.9 Å². The fourth-order valence-electron chi connectivity index (χ4n) is 4.36. The molecule has 2 atom stereocenters. The molecule has 3 nitrogen and oxygen atoms in total. The van der Waals surface area contributed by atoms with Crippen molar-refractivity contribution in [1.82, 2.24) is 0 Å². The van der Waals surface area contributed by atoms with Gasteiger partial charge < -0.3 is 9.84 Å². The Kier molecular flexibility index (Phi) is 5.27. The molecule has 2 aliphatic carbocycles. The molecule has 2 unspecified atom stereocenters. The Hall–Kier alpha value is -1.77. The highest BCUT2D eigenvalue weighted by atomic mass is 16.5. The summed E-state index contributed by atoms with van der Waals surface area (Å²) >= 11 is 0. The van der Waals surface area contributed by atoms with Crippen LogP contribution in [0, 0.1) is 11.8 Å². The Morgan fingerprint density at radius 1 is 1.17 bits per heavy atom. The highest BCUT2D eigenvalue weighted by Crippen LogP contribution is 2.41. The standard InChI is InChI=1S/C21H28O3/c1-3-18-14(2)19(21(22)23)12-13-20(18)15-8-10-17(11-9-15)24-16-6-4-5-7-16/h8-11,14,16,19H,3-7,12-13H2,1-2H3,(H,22,23). The predicted molar refractivity (Wildman–Crippen MR) is 96.1 cm³/mol. The van der Waals surface area contributed by atoms with Gasteiger partial charge in [0.25, 0.3) is 0 Å². The summed E-state index contributed by atoms with van der Waals surface area (Å²) in [5, 5.41) is 9.41. The lowest BCUT2D eigenvalue weighted by Gasteiger charge is -2.31. The van der Waals surface area contributed by atoms with Gasteiger partial charge in [0.2, 0.25) is 0 Å². The maximum atomic E-state index is 11.4. The highest BCUT2D eigenvalue weighted by molar-refractivity contribution is 5.76. The summed E-state index contributed by atoms with van der Waals surface area (Å²) in [5.41, 5.74) is 3.87. The zero-order chi connectivity index (χ0) is 17.1. The van der Waals surface area contributed by atoms with E-state index in [0.717, 1.165) is 25.0 Å². The number of hydrogen-bond acceptors (Lipinski definition) is 2. The normalized spacial score (nSPS) is 25.1. The van der Waals surface area contributed by atoms with Gasteiger partial charge in [-0.1, -0.05) is 31.6 Å². The Labute approximate surface area is 144 Å². The van der Waals surface area contributed by atoms with E-state index >= 15 is 0 Å². The van der Waals surface area contributed by atoms with Crippen molar-refractivity contribution in [3.63, 3.8) is 0 Å². The van der Waals surface area contributed by atoms with Crippen LogP contribution in [-0.4, -0.2) is 17.2 Å². The molecule has 1 fully saturated rings. The van der Waals surface area contributed by atoms with Crippen molar-refractivity contribution >= 4 is 11.5 Å². The van der Waals surface area contributed by atoms with E-state index in [2.05, 4.69) is 38.1 Å². The molecule has 24 heavy (non-hydrogen) atoms. The fourth-order valence-corrected chi connectivity index (χ4v) is 4.36. The van der Waals surface area contributed by atoms with Crippen molar-refractivity contribution in [2.24, 2.45) is 11.8 Å². The van der Waals surface area contributed by atoms with Gasteiger partial charge in [0.1, 0.15) is 5.75 Å². The van der Waals surface area contributed by atoms with E-state index in [1.165, 1.54) is 42.4 Å². The highest BCUT2D eigenvalue weighted by Gasteiger charge is 2.32. The average molecular weight is 328 g/mol. The molecule has 0 radical (unpaired) electrons. The van der Waals surface area contributed by atoms with Crippen molar-refractivity contribution in [2.75, 3.05) is 0 Å². The summed E-state index contributed by atoms with van der Waals surface area (Å²) in [4.78, 5) is 11.4. The summed E-state index contributed by atoms with van der Waals surface area (Å²) < 4.78 is 6.05. The van der Waals surface area contributed by atoms with Gasteiger partial charge in [-0.25, -0.2) is 0 Å². The van der Waals surface area contributed by atoms with Crippen molar-refractivity contribution in [1.29, 1.82) is 0 Å². The lowest BCUT2D eigenvalue weighted by molar-refractivity contribution is -0.143. The van der Waals surface area contributed by atoms with Crippen LogP contribution in [0.5, 0.6) is 5.75 Å². The third-order valence-electron chi connectivity index (χ3n) is 5.75. The van der Waals surface area contributed by atoms with Gasteiger partial charge in [-0.2, -0.15) is 0 Å². The Balaban J connectivity index is 1.79. The van der Waals surface area contributed by atoms with Crippen LogP contribution in [0.1, 0.15) is 64.4 Å². The molecule has 0 spiro atoms. The molecule has 3 rings (SSSR count). The van der Waals surface area contributed by atoms with Crippen LogP contribution in [0.2, 0.25) is 0 Å². The number of rotatable bonds is 5. The van der Waals surface area contributed by atoms with Gasteiger partial charge in [0.05, 0.1) is 12.0 Å². The number of benzene rings is 1. The summed E-state index contributed by atoms with van der Waals surface area (Å²) in [5.74, 6) is 0.170. The third-order valence-corrected chi connectivity index (χ3v) is 5.75. The molecular weight excluding hydrogens is 300 g/mol. The third kappa shape index (κ3) is 3.50. The minimum Gasteiger partial charge on any atom is -0.490 e. The van der Waals surface area contributed by atoms with Gasteiger partial charge in [-0.15, -0.1) is 0 Å². The largest absolute Gasteiger partial charge is 0.490 e. The molecule has 1 aromatic carbocycles. The molecule has 0 amide bonds. The van der Waals surface area contributed by atoms with Crippen molar-refractivity contribution < 1.29 is 14.6 Å². The SMILES string of the molecule is CCC1=C(c2ccc(OC3CCCC3)cc2)CCC(C(=O)O)C1C. The lowest BCUT2D eigenvalue weighted by Crippen LogP contribution is -2.27. The molecule has 3 heteroatoms. The molecule has 130 valence electrons. The number of carboxylic acids is 1. The molecule has 0 aromatic heterocycles. The smallest absolute Gasteiger partial charge is 0.307 e. The number of hydrogen-bond donors (Lipinski definition) is 1. The van der Waals surface area contributed by atoms with Gasteiger partial charge in [0.15, 0.2) is 0 Å². The molecular formula is C21H28O3. The molecule has 2 aliphatic rings. The predicted octanol–water partition coefficient (Wildman–Crippen LogP) is 5.30. The van der Waals surface area contributed by atoms with Crippen LogP contribution in [0.4, 0.5) is 0 Å². The van der Waals surface area contributed by atoms with E-state index < -0.39 is 5.97 Å². The van der Waals surface area contributed by atoms with Crippen LogP contribution in [-0.2, 0) is 4.79 Å². The Bertz CT molecular complexity index is 608. The topological polar surface area (TPSA) is 46.5 Å². The number of allylic oxidation sites excluding steroid dienone is 2. The molecule has 1 saturated carbocycles. The molecule has 1 N–H and O–H groups in total. The maximum absolute atomic E-state index is 11.4. The van der Waals surface area contributed by atoms with Crippen LogP contribution in [0.15, 0.2) is 29.8 Å². The number of aliphatic carboxylic acids is 1. The molecule has 0 heterocycles. The van der Waals surface area contributed by atoms with E-state index in [1.807, 2.05) is 0 Å². The first-order valence-corrected chi connectivity index (χ1v) is 9.32. The molecule has 0 bridgehead atoms. The summed E-state index contributed by atoms with van der Waals surface area (Å²) in [6, 6.07) is 8.43. The van der Waals surface area contributed by atoms with Crippen LogP contribution < -0.4 is 4.74 Å². The molecule has 0 aliphatic heterocycles. The van der Waals surface area contributed by atoms with Crippen LogP contribution in [0.3, 0.4) is 0 Å². The Morgan fingerprint density at radius 2 is 1.83 bits per heavy atom. The lowest BCUT2D eigenvalue weighted by atomic mass is 9.73. The molecule has 1 aromatic rings. The van der Waals surface area contributed by atoms with E-state index in [1.54, 1.807) is 0 Å². The first-order chi connectivity index (χ1) is 11.6. The molecule has 0 saturated heterocycles. The van der Waals surface area contributed by atoms with E-state index in [4.69, 9.17) is 4.74 Å². The second kappa shape index (κ2) is 7.42. The summed E-state index contributed by atoms with van der Waals surface area (Å²) in [6.07, 6.45) is 7.77. The first-order valence-electron chi connectivity index (χ1n) is 9.32. The number of ether oxygens (including phenoxy) is 1. The van der Waals surface area contributed by atoms with Gasteiger partial charge >= 0.3 is 5.97 Å². The van der Waals surface area contributed by atoms with Crippen molar-refractivity contribution in [3.8, 4) is 5.75 Å². The Morgan fingerprint density at radius 3 is 2.42 bits per heavy atom. The van der Waals surface area contributed by atoms with E-state index in [-0.39, 0.29) is 11.8 Å². The van der Waals surface area contributed by atoms with Crippen LogP contribution in [0.25, 0.3) is 5.57 Å². The van der Waals surface area contributed by atoms with Crippen LogP contribution >= 0.6 is 0 Å². The maximum Gasteiger partial charge on any atom is 0.307 e. The minimum absolute atomic E-state index is 0.116. The second-order valence-corrected chi connectivity index (χ2v) is 7.18. The van der Waals surface area contributed by atoms with E-state index in [0.29, 0.717) is 6.10 Å². The fraction of sp³-hybridized carbons (Fsp3) is 0.571. The van der Waals surface area contributed by atoms with E-state index in [9.17, 15) is 9.90 Å². The monoisotopic (exact) mass is 328 g/mol. The summed E-state index contributed by atoms with van der Waals surface area (Å²) in [7, 11) is 0. The zero-order valence-corrected chi connectivity index (χ0v) is 14.8. The number of carboxylic acid groups (broad SMARTS) is 1. The van der Waals surface area contributed by atoms with Crippen molar-refractivity contribution in [3.05, 3.63) is 35.4 Å². The van der Waals surface area contributed by atoms with Gasteiger partial charge in [-0.05, 0) is 74.1 Å². The summed E-state index contributed by atoms with van der Waals surface area (Å²) in [6.45, 7) is 4.20. The second-order valence-electron chi connectivity index (χ2n) is 7.18. The van der Waals surface area contributed by atoms with Gasteiger partial charge in [0, 0.05) is 0 Å². The minimum atomic E-state index is -0.659. The zero-order valence-electron chi connectivity index (χ0n) is 14.8.